The minimum atomic E-state index is -0.445. The van der Waals surface area contributed by atoms with Gasteiger partial charge in [-0.2, -0.15) is 0 Å². The third-order valence-electron chi connectivity index (χ3n) is 3.40. The summed E-state index contributed by atoms with van der Waals surface area (Å²) in [6.45, 7) is 6.48. The molecule has 0 bridgehead atoms. The van der Waals surface area contributed by atoms with E-state index in [0.717, 1.165) is 32.1 Å². The van der Waals surface area contributed by atoms with Crippen molar-refractivity contribution >= 4 is 23.7 Å². The summed E-state index contributed by atoms with van der Waals surface area (Å²) in [6, 6.07) is 0. The molecule has 1 fully saturated rings. The molecule has 1 heterocycles. The topological polar surface area (TPSA) is 116 Å². The molecule has 0 amide bonds. The molecule has 1 saturated heterocycles. The molecule has 1 rings (SSSR count). The van der Waals surface area contributed by atoms with Gasteiger partial charge in [-0.3, -0.25) is 19.2 Å². The fourth-order valence-corrected chi connectivity index (χ4v) is 2.08. The van der Waals surface area contributed by atoms with E-state index in [-0.39, 0.29) is 45.6 Å². The molecule has 0 unspecified atom stereocenters. The maximum atomic E-state index is 11.1. The molecule has 0 saturated carbocycles. The second-order valence-corrected chi connectivity index (χ2v) is 6.01. The van der Waals surface area contributed by atoms with Gasteiger partial charge in [0.2, 0.25) is 0 Å². The van der Waals surface area contributed by atoms with Gasteiger partial charge in [0.05, 0.1) is 19.8 Å². The molecule has 180 valence electrons. The predicted molar refractivity (Wildman–Crippen MR) is 117 cm³/mol. The Bertz CT molecular complexity index is 425. The number of carbonyl (C=O) groups excluding carboxylic acids is 4. The van der Waals surface area contributed by atoms with E-state index in [2.05, 4.69) is 9.47 Å². The van der Waals surface area contributed by atoms with Crippen molar-refractivity contribution in [3.63, 3.8) is 0 Å². The van der Waals surface area contributed by atoms with E-state index >= 15 is 0 Å². The zero-order chi connectivity index (χ0) is 21.6. The SMILES string of the molecule is C.C.CCOC(=O)CC(=O)CCCCCO.CCOC(C)=O.O=C1CCCCCO1. The van der Waals surface area contributed by atoms with E-state index in [1.165, 1.54) is 6.92 Å². The van der Waals surface area contributed by atoms with Crippen LogP contribution in [0.3, 0.4) is 0 Å². The van der Waals surface area contributed by atoms with Crippen LogP contribution in [0.1, 0.15) is 93.4 Å². The van der Waals surface area contributed by atoms with Crippen LogP contribution in [0.15, 0.2) is 0 Å². The van der Waals surface area contributed by atoms with Crippen LogP contribution in [0.25, 0.3) is 0 Å². The Kier molecular flexibility index (Phi) is 32.0. The Morgan fingerprint density at radius 2 is 1.60 bits per heavy atom. The van der Waals surface area contributed by atoms with Gasteiger partial charge in [-0.05, 0) is 46.0 Å². The summed E-state index contributed by atoms with van der Waals surface area (Å²) in [7, 11) is 0. The monoisotopic (exact) mass is 436 g/mol. The number of aliphatic hydroxyl groups excluding tert-OH is 1. The Morgan fingerprint density at radius 3 is 2.10 bits per heavy atom. The van der Waals surface area contributed by atoms with Gasteiger partial charge in [0.1, 0.15) is 12.2 Å². The predicted octanol–water partition coefficient (Wildman–Crippen LogP) is 4.01. The highest BCUT2D eigenvalue weighted by molar-refractivity contribution is 5.95. The van der Waals surface area contributed by atoms with E-state index in [4.69, 9.17) is 9.84 Å². The number of Topliss-reactive ketones (excluding diaryl/α,β-unsaturated/α-hetero) is 1. The van der Waals surface area contributed by atoms with Crippen LogP contribution >= 0.6 is 0 Å². The van der Waals surface area contributed by atoms with Crippen molar-refractivity contribution in [1.29, 1.82) is 0 Å². The molecule has 0 aromatic carbocycles. The van der Waals surface area contributed by atoms with E-state index in [1.54, 1.807) is 13.8 Å². The number of ketones is 1. The van der Waals surface area contributed by atoms with Crippen molar-refractivity contribution in [2.75, 3.05) is 26.4 Å². The quantitative estimate of drug-likeness (QED) is 0.249. The van der Waals surface area contributed by atoms with Crippen LogP contribution in [0.5, 0.6) is 0 Å². The van der Waals surface area contributed by atoms with E-state index in [9.17, 15) is 19.2 Å². The van der Waals surface area contributed by atoms with Crippen molar-refractivity contribution < 1.29 is 38.5 Å². The number of ether oxygens (including phenoxy) is 3. The second kappa shape index (κ2) is 27.0. The lowest BCUT2D eigenvalue weighted by molar-refractivity contribution is -0.146. The van der Waals surface area contributed by atoms with Crippen LogP contribution in [0.2, 0.25) is 0 Å². The van der Waals surface area contributed by atoms with Crippen LogP contribution in [-0.2, 0) is 33.4 Å². The van der Waals surface area contributed by atoms with Gasteiger partial charge < -0.3 is 19.3 Å². The van der Waals surface area contributed by atoms with E-state index in [1.807, 2.05) is 0 Å². The molecule has 1 N–H and O–H groups in total. The van der Waals surface area contributed by atoms with Gasteiger partial charge in [0, 0.05) is 26.4 Å². The minimum absolute atomic E-state index is 0. The molecular weight excluding hydrogens is 392 g/mol. The molecule has 0 aromatic rings. The number of unbranched alkanes of at least 4 members (excludes halogenated alkanes) is 2. The van der Waals surface area contributed by atoms with E-state index < -0.39 is 5.97 Å². The number of aliphatic hydroxyl groups is 1. The number of esters is 3. The zero-order valence-corrected chi connectivity index (χ0v) is 17.5. The fraction of sp³-hybridized carbons (Fsp3) is 0.818. The summed E-state index contributed by atoms with van der Waals surface area (Å²) in [5, 5.41) is 8.49. The molecule has 8 heteroatoms. The molecule has 30 heavy (non-hydrogen) atoms. The molecule has 1 aliphatic heterocycles. The van der Waals surface area contributed by atoms with E-state index in [0.29, 0.717) is 39.1 Å². The normalized spacial score (nSPS) is 11.9. The molecular formula is C22H44O8. The van der Waals surface area contributed by atoms with Crippen molar-refractivity contribution in [3.05, 3.63) is 0 Å². The molecule has 0 atom stereocenters. The smallest absolute Gasteiger partial charge is 0.313 e. The van der Waals surface area contributed by atoms with Crippen molar-refractivity contribution in [3.8, 4) is 0 Å². The van der Waals surface area contributed by atoms with Gasteiger partial charge in [0.15, 0.2) is 0 Å². The first kappa shape index (κ1) is 35.5. The van der Waals surface area contributed by atoms with Crippen molar-refractivity contribution in [2.24, 2.45) is 0 Å². The fourth-order valence-electron chi connectivity index (χ4n) is 2.08. The highest BCUT2D eigenvalue weighted by atomic mass is 16.5. The third kappa shape index (κ3) is 30.8. The molecule has 0 aromatic heterocycles. The average Bonchev–Trinajstić information content (AvgIpc) is 2.87. The van der Waals surface area contributed by atoms with Gasteiger partial charge in [-0.1, -0.05) is 21.3 Å². The molecule has 1 aliphatic rings. The van der Waals surface area contributed by atoms with Gasteiger partial charge >= 0.3 is 17.9 Å². The van der Waals surface area contributed by atoms with Gasteiger partial charge in [-0.25, -0.2) is 0 Å². The summed E-state index contributed by atoms with van der Waals surface area (Å²) in [4.78, 5) is 42.3. The number of carbonyl (C=O) groups is 4. The summed E-state index contributed by atoms with van der Waals surface area (Å²) in [6.07, 6.45) is 6.39. The number of rotatable bonds is 9. The third-order valence-corrected chi connectivity index (χ3v) is 3.40. The molecule has 8 nitrogen and oxygen atoms in total. The standard InChI is InChI=1S/C10H18O4.C6H10O2.C4H8O2.2CH4/c1-2-14-10(13)8-9(12)6-4-3-5-7-11;7-6-4-2-1-3-5-8-6;1-3-6-4(2)5;;/h11H,2-8H2,1H3;1-5H2;3H2,1-2H3;2*1H4. The summed E-state index contributed by atoms with van der Waals surface area (Å²) < 4.78 is 13.8. The Hall–Kier alpha value is -1.96. The number of cyclic esters (lactones) is 1. The highest BCUT2D eigenvalue weighted by Crippen LogP contribution is 2.06. The lowest BCUT2D eigenvalue weighted by Crippen LogP contribution is -2.10. The Morgan fingerprint density at radius 1 is 0.967 bits per heavy atom. The van der Waals surface area contributed by atoms with Gasteiger partial charge in [0.25, 0.3) is 0 Å². The summed E-state index contributed by atoms with van der Waals surface area (Å²) >= 11 is 0. The van der Waals surface area contributed by atoms with Crippen LogP contribution < -0.4 is 0 Å². The maximum absolute atomic E-state index is 11.1. The first-order valence-electron chi connectivity index (χ1n) is 9.94. The van der Waals surface area contributed by atoms with Crippen molar-refractivity contribution in [2.45, 2.75) is 93.4 Å². The Labute approximate surface area is 182 Å². The molecule has 0 radical (unpaired) electrons. The lowest BCUT2D eigenvalue weighted by Gasteiger charge is -2.01. The number of hydrogen-bond acceptors (Lipinski definition) is 8. The zero-order valence-electron chi connectivity index (χ0n) is 17.5. The van der Waals surface area contributed by atoms with Crippen LogP contribution in [0.4, 0.5) is 0 Å². The highest BCUT2D eigenvalue weighted by Gasteiger charge is 2.09. The number of hydrogen-bond donors (Lipinski definition) is 1. The van der Waals surface area contributed by atoms with Crippen molar-refractivity contribution in [1.82, 2.24) is 0 Å². The second-order valence-electron chi connectivity index (χ2n) is 6.01. The van der Waals surface area contributed by atoms with Crippen LogP contribution in [-0.4, -0.2) is 55.2 Å². The first-order chi connectivity index (χ1) is 13.4. The summed E-state index contributed by atoms with van der Waals surface area (Å²) in [5.74, 6) is -0.763. The Balaban J connectivity index is -0.000000180. The van der Waals surface area contributed by atoms with Crippen LogP contribution in [0, 0.1) is 0 Å². The lowest BCUT2D eigenvalue weighted by atomic mass is 10.1. The molecule has 0 aliphatic carbocycles. The molecule has 0 spiro atoms. The first-order valence-corrected chi connectivity index (χ1v) is 9.94. The average molecular weight is 437 g/mol. The maximum Gasteiger partial charge on any atom is 0.313 e. The van der Waals surface area contributed by atoms with Gasteiger partial charge in [-0.15, -0.1) is 0 Å². The minimum Gasteiger partial charge on any atom is -0.466 e. The largest absolute Gasteiger partial charge is 0.466 e. The summed E-state index contributed by atoms with van der Waals surface area (Å²) in [5.41, 5.74) is 0.